The molecular formula is C21H20N2. The van der Waals surface area contributed by atoms with E-state index in [9.17, 15) is 0 Å². The lowest BCUT2D eigenvalue weighted by Crippen LogP contribution is -2.02. The number of aromatic nitrogens is 1. The Morgan fingerprint density at radius 1 is 0.826 bits per heavy atom. The number of anilines is 1. The van der Waals surface area contributed by atoms with Crippen molar-refractivity contribution in [1.29, 1.82) is 0 Å². The summed E-state index contributed by atoms with van der Waals surface area (Å²) in [4.78, 5) is 4.41. The average molecular weight is 300 g/mol. The lowest BCUT2D eigenvalue weighted by molar-refractivity contribution is 1.29. The van der Waals surface area contributed by atoms with Gasteiger partial charge in [0.25, 0.3) is 0 Å². The molecule has 0 amide bonds. The summed E-state index contributed by atoms with van der Waals surface area (Å²) in [6, 6.07) is 22.6. The molecule has 2 aromatic carbocycles. The van der Waals surface area contributed by atoms with Gasteiger partial charge in [0.15, 0.2) is 0 Å². The van der Waals surface area contributed by atoms with E-state index in [-0.39, 0.29) is 0 Å². The van der Waals surface area contributed by atoms with Crippen molar-refractivity contribution in [1.82, 2.24) is 4.98 Å². The van der Waals surface area contributed by atoms with Gasteiger partial charge in [-0.25, -0.2) is 0 Å². The Morgan fingerprint density at radius 3 is 2.17 bits per heavy atom. The van der Waals surface area contributed by atoms with Crippen molar-refractivity contribution in [2.75, 3.05) is 5.32 Å². The second kappa shape index (κ2) is 6.93. The van der Waals surface area contributed by atoms with E-state index in [1.54, 1.807) is 0 Å². The van der Waals surface area contributed by atoms with Crippen molar-refractivity contribution < 1.29 is 0 Å². The van der Waals surface area contributed by atoms with Crippen LogP contribution in [0.1, 0.15) is 22.4 Å². The lowest BCUT2D eigenvalue weighted by atomic mass is 10.1. The Kier molecular flexibility index (Phi) is 4.53. The van der Waals surface area contributed by atoms with E-state index in [2.05, 4.69) is 60.6 Å². The maximum atomic E-state index is 4.41. The summed E-state index contributed by atoms with van der Waals surface area (Å²) in [5.41, 5.74) is 6.73. The number of hydrogen-bond donors (Lipinski definition) is 1. The van der Waals surface area contributed by atoms with Gasteiger partial charge in [-0.05, 0) is 48.7 Å². The molecule has 1 N–H and O–H groups in total. The lowest BCUT2D eigenvalue weighted by Gasteiger charge is -2.16. The SMILES string of the molecule is Cc1cccc(C)c1N/C(=C/c1ccccn1)c1ccccc1. The minimum atomic E-state index is 0.935. The number of pyridine rings is 1. The highest BCUT2D eigenvalue weighted by molar-refractivity contribution is 5.88. The van der Waals surface area contributed by atoms with E-state index in [0.29, 0.717) is 0 Å². The molecule has 1 aromatic heterocycles. The molecule has 0 spiro atoms. The zero-order valence-electron chi connectivity index (χ0n) is 13.5. The molecule has 0 radical (unpaired) electrons. The first-order valence-corrected chi connectivity index (χ1v) is 7.75. The van der Waals surface area contributed by atoms with Crippen LogP contribution in [0.5, 0.6) is 0 Å². The maximum absolute atomic E-state index is 4.41. The van der Waals surface area contributed by atoms with Crippen molar-refractivity contribution in [3.63, 3.8) is 0 Å². The average Bonchev–Trinajstić information content (AvgIpc) is 2.59. The highest BCUT2D eigenvalue weighted by Crippen LogP contribution is 2.26. The van der Waals surface area contributed by atoms with Crippen LogP contribution < -0.4 is 5.32 Å². The Balaban J connectivity index is 2.05. The van der Waals surface area contributed by atoms with Crippen molar-refractivity contribution in [2.45, 2.75) is 13.8 Å². The Bertz CT molecular complexity index is 786. The molecule has 0 saturated heterocycles. The molecule has 0 fully saturated rings. The summed E-state index contributed by atoms with van der Waals surface area (Å²) in [6.07, 6.45) is 3.90. The fourth-order valence-corrected chi connectivity index (χ4v) is 2.56. The van der Waals surface area contributed by atoms with Gasteiger partial charge in [-0.15, -0.1) is 0 Å². The summed E-state index contributed by atoms with van der Waals surface area (Å²) < 4.78 is 0. The molecule has 1 heterocycles. The van der Waals surface area contributed by atoms with Crippen LogP contribution in [-0.2, 0) is 0 Å². The monoisotopic (exact) mass is 300 g/mol. The Labute approximate surface area is 137 Å². The highest BCUT2D eigenvalue weighted by atomic mass is 14.9. The van der Waals surface area contributed by atoms with Gasteiger partial charge in [0, 0.05) is 17.6 Å². The topological polar surface area (TPSA) is 24.9 Å². The molecule has 0 aliphatic heterocycles. The number of benzene rings is 2. The second-order valence-corrected chi connectivity index (χ2v) is 5.57. The summed E-state index contributed by atoms with van der Waals surface area (Å²) in [5.74, 6) is 0. The molecule has 0 unspecified atom stereocenters. The van der Waals surface area contributed by atoms with E-state index >= 15 is 0 Å². The predicted molar refractivity (Wildman–Crippen MR) is 98.1 cm³/mol. The molecule has 0 bridgehead atoms. The van der Waals surface area contributed by atoms with E-state index in [0.717, 1.165) is 22.6 Å². The van der Waals surface area contributed by atoms with Gasteiger partial charge in [0.05, 0.1) is 5.69 Å². The maximum Gasteiger partial charge on any atom is 0.0650 e. The number of rotatable bonds is 4. The zero-order chi connectivity index (χ0) is 16.1. The minimum absolute atomic E-state index is 0.935. The molecule has 0 atom stereocenters. The van der Waals surface area contributed by atoms with E-state index in [1.807, 2.05) is 42.6 Å². The first kappa shape index (κ1) is 15.0. The van der Waals surface area contributed by atoms with Crippen LogP contribution in [0.4, 0.5) is 5.69 Å². The predicted octanol–water partition coefficient (Wildman–Crippen LogP) is 5.31. The number of nitrogens with one attached hydrogen (secondary N) is 1. The van der Waals surface area contributed by atoms with Crippen LogP contribution in [0.25, 0.3) is 11.8 Å². The van der Waals surface area contributed by atoms with Gasteiger partial charge in [-0.2, -0.15) is 0 Å². The smallest absolute Gasteiger partial charge is 0.0650 e. The number of aryl methyl sites for hydroxylation is 2. The first-order chi connectivity index (χ1) is 11.2. The van der Waals surface area contributed by atoms with E-state index in [4.69, 9.17) is 0 Å². The number of hydrogen-bond acceptors (Lipinski definition) is 2. The largest absolute Gasteiger partial charge is 0.355 e. The van der Waals surface area contributed by atoms with Crippen molar-refractivity contribution in [3.8, 4) is 0 Å². The third-order valence-electron chi connectivity index (χ3n) is 3.81. The third-order valence-corrected chi connectivity index (χ3v) is 3.81. The molecule has 23 heavy (non-hydrogen) atoms. The standard InChI is InChI=1S/C21H20N2/c1-16-9-8-10-17(2)21(16)23-20(18-11-4-3-5-12-18)15-19-13-6-7-14-22-19/h3-15,23H,1-2H3/b20-15+. The summed E-state index contributed by atoms with van der Waals surface area (Å²) in [7, 11) is 0. The van der Waals surface area contributed by atoms with Crippen molar-refractivity contribution in [2.24, 2.45) is 0 Å². The van der Waals surface area contributed by atoms with Crippen LogP contribution in [0.15, 0.2) is 72.9 Å². The summed E-state index contributed by atoms with van der Waals surface area (Å²) in [6.45, 7) is 4.25. The van der Waals surface area contributed by atoms with Gasteiger partial charge in [0.1, 0.15) is 0 Å². The van der Waals surface area contributed by atoms with Crippen LogP contribution >= 0.6 is 0 Å². The van der Waals surface area contributed by atoms with Gasteiger partial charge in [0.2, 0.25) is 0 Å². The Hall–Kier alpha value is -2.87. The molecule has 0 aliphatic carbocycles. The fourth-order valence-electron chi connectivity index (χ4n) is 2.56. The van der Waals surface area contributed by atoms with Crippen LogP contribution in [0, 0.1) is 13.8 Å². The second-order valence-electron chi connectivity index (χ2n) is 5.57. The summed E-state index contributed by atoms with van der Waals surface area (Å²) in [5, 5.41) is 3.60. The normalized spacial score (nSPS) is 11.3. The number of nitrogens with zero attached hydrogens (tertiary/aromatic N) is 1. The highest BCUT2D eigenvalue weighted by Gasteiger charge is 2.07. The molecule has 0 saturated carbocycles. The van der Waals surface area contributed by atoms with Gasteiger partial charge < -0.3 is 5.32 Å². The van der Waals surface area contributed by atoms with E-state index in [1.165, 1.54) is 11.1 Å². The van der Waals surface area contributed by atoms with Crippen molar-refractivity contribution >= 4 is 17.5 Å². The van der Waals surface area contributed by atoms with Crippen LogP contribution in [0.2, 0.25) is 0 Å². The molecule has 3 rings (SSSR count). The van der Waals surface area contributed by atoms with Gasteiger partial charge in [-0.1, -0.05) is 54.6 Å². The van der Waals surface area contributed by atoms with Gasteiger partial charge >= 0.3 is 0 Å². The minimum Gasteiger partial charge on any atom is -0.355 e. The van der Waals surface area contributed by atoms with E-state index < -0.39 is 0 Å². The molecule has 3 aromatic rings. The third kappa shape index (κ3) is 3.67. The zero-order valence-corrected chi connectivity index (χ0v) is 13.5. The molecule has 2 heteroatoms. The first-order valence-electron chi connectivity index (χ1n) is 7.75. The number of para-hydroxylation sites is 1. The van der Waals surface area contributed by atoms with Crippen LogP contribution in [0.3, 0.4) is 0 Å². The quantitative estimate of drug-likeness (QED) is 0.706. The Morgan fingerprint density at radius 2 is 1.52 bits per heavy atom. The molecule has 114 valence electrons. The van der Waals surface area contributed by atoms with Crippen LogP contribution in [-0.4, -0.2) is 4.98 Å². The molecular weight excluding hydrogens is 280 g/mol. The van der Waals surface area contributed by atoms with Crippen molar-refractivity contribution in [3.05, 3.63) is 95.3 Å². The molecule has 0 aliphatic rings. The molecule has 2 nitrogen and oxygen atoms in total. The van der Waals surface area contributed by atoms with Gasteiger partial charge in [-0.3, -0.25) is 4.98 Å². The fraction of sp³-hybridized carbons (Fsp3) is 0.0952. The summed E-state index contributed by atoms with van der Waals surface area (Å²) >= 11 is 0.